The van der Waals surface area contributed by atoms with Crippen molar-refractivity contribution in [3.63, 3.8) is 0 Å². The van der Waals surface area contributed by atoms with Crippen molar-refractivity contribution in [3.8, 4) is 0 Å². The molecule has 0 spiro atoms. The molecule has 0 bridgehead atoms. The predicted octanol–water partition coefficient (Wildman–Crippen LogP) is 1.95. The van der Waals surface area contributed by atoms with E-state index in [4.69, 9.17) is 9.84 Å². The first kappa shape index (κ1) is 18.5. The molecule has 1 saturated heterocycles. The molecule has 1 aromatic carbocycles. The normalized spacial score (nSPS) is 23.0. The van der Waals surface area contributed by atoms with Crippen molar-refractivity contribution >= 4 is 6.03 Å². The Hall–Kier alpha value is -1.80. The molecule has 1 aromatic rings. The van der Waals surface area contributed by atoms with Crippen molar-refractivity contribution in [2.45, 2.75) is 37.7 Å². The van der Waals surface area contributed by atoms with E-state index in [0.29, 0.717) is 5.56 Å². The summed E-state index contributed by atoms with van der Waals surface area (Å²) < 4.78 is 45.1. The fourth-order valence-corrected chi connectivity index (χ4v) is 2.54. The summed E-state index contributed by atoms with van der Waals surface area (Å²) in [5, 5.41) is 11.2. The third-order valence-corrected chi connectivity index (χ3v) is 3.95. The average Bonchev–Trinajstić information content (AvgIpc) is 2.54. The number of urea groups is 1. The molecule has 0 aromatic heterocycles. The Morgan fingerprint density at radius 2 is 2.08 bits per heavy atom. The van der Waals surface area contributed by atoms with Crippen LogP contribution in [0, 0.1) is 0 Å². The highest BCUT2D eigenvalue weighted by atomic mass is 19.4. The molecule has 1 aliphatic rings. The van der Waals surface area contributed by atoms with Gasteiger partial charge in [0.2, 0.25) is 0 Å². The minimum Gasteiger partial charge on any atom is -0.394 e. The van der Waals surface area contributed by atoms with Crippen LogP contribution in [0.4, 0.5) is 18.0 Å². The van der Waals surface area contributed by atoms with E-state index in [1.807, 2.05) is 0 Å². The summed E-state index contributed by atoms with van der Waals surface area (Å²) in [6, 6.07) is 5.06. The van der Waals surface area contributed by atoms with Gasteiger partial charge in [-0.2, -0.15) is 13.2 Å². The van der Waals surface area contributed by atoms with Crippen LogP contribution in [-0.2, 0) is 11.2 Å². The molecular formula is C16H21F3N2O3. The minimum atomic E-state index is -4.56. The van der Waals surface area contributed by atoms with Gasteiger partial charge in [-0.1, -0.05) is 30.3 Å². The number of hydrogen-bond donors (Lipinski definition) is 2. The first-order chi connectivity index (χ1) is 11.3. The first-order valence-electron chi connectivity index (χ1n) is 7.71. The molecule has 3 atom stereocenters. The van der Waals surface area contributed by atoms with Crippen molar-refractivity contribution in [1.29, 1.82) is 0 Å². The van der Waals surface area contributed by atoms with Crippen molar-refractivity contribution in [1.82, 2.24) is 10.2 Å². The van der Waals surface area contributed by atoms with E-state index in [2.05, 4.69) is 5.32 Å². The first-order valence-corrected chi connectivity index (χ1v) is 7.71. The summed E-state index contributed by atoms with van der Waals surface area (Å²) in [5.41, 5.74) is 0.489. The molecule has 5 nitrogen and oxygen atoms in total. The standard InChI is InChI=1S/C16H21F3N2O3/c1-11-10-24-13(9-22)8-21(11)15(23)20-14(16(17,18)19)7-12-5-3-2-4-6-12/h2-6,11,13-14,22H,7-10H2,1H3,(H,20,23)/t11-,13+,14-/m1/s1. The van der Waals surface area contributed by atoms with E-state index in [0.717, 1.165) is 0 Å². The summed E-state index contributed by atoms with van der Waals surface area (Å²) in [5.74, 6) is 0. The van der Waals surface area contributed by atoms with Gasteiger partial charge in [-0.15, -0.1) is 0 Å². The van der Waals surface area contributed by atoms with Crippen molar-refractivity contribution in [2.75, 3.05) is 19.8 Å². The lowest BCUT2D eigenvalue weighted by Crippen LogP contribution is -2.58. The molecule has 0 unspecified atom stereocenters. The number of amides is 2. The Balaban J connectivity index is 2.06. The molecule has 2 rings (SSSR count). The van der Waals surface area contributed by atoms with Crippen LogP contribution in [0.2, 0.25) is 0 Å². The second-order valence-corrected chi connectivity index (χ2v) is 5.87. The van der Waals surface area contributed by atoms with Crippen LogP contribution >= 0.6 is 0 Å². The number of aliphatic hydroxyl groups is 1. The van der Waals surface area contributed by atoms with Gasteiger partial charge in [0.05, 0.1) is 31.9 Å². The zero-order chi connectivity index (χ0) is 17.7. The van der Waals surface area contributed by atoms with Gasteiger partial charge in [-0.3, -0.25) is 0 Å². The highest BCUT2D eigenvalue weighted by molar-refractivity contribution is 5.75. The van der Waals surface area contributed by atoms with Crippen LogP contribution < -0.4 is 5.32 Å². The highest BCUT2D eigenvalue weighted by Gasteiger charge is 2.42. The number of benzene rings is 1. The number of ether oxygens (including phenoxy) is 1. The van der Waals surface area contributed by atoms with Crippen molar-refractivity contribution in [3.05, 3.63) is 35.9 Å². The quantitative estimate of drug-likeness (QED) is 0.876. The number of nitrogens with one attached hydrogen (secondary N) is 1. The fraction of sp³-hybridized carbons (Fsp3) is 0.562. The third-order valence-electron chi connectivity index (χ3n) is 3.95. The summed E-state index contributed by atoms with van der Waals surface area (Å²) in [6.07, 6.45) is -5.47. The molecule has 134 valence electrons. The van der Waals surface area contributed by atoms with E-state index in [1.54, 1.807) is 37.3 Å². The Morgan fingerprint density at radius 1 is 1.42 bits per heavy atom. The maximum absolute atomic E-state index is 13.3. The lowest BCUT2D eigenvalue weighted by Gasteiger charge is -2.38. The summed E-state index contributed by atoms with van der Waals surface area (Å²) in [7, 11) is 0. The molecule has 0 radical (unpaired) electrons. The molecule has 2 amide bonds. The lowest BCUT2D eigenvalue weighted by atomic mass is 10.1. The van der Waals surface area contributed by atoms with Gasteiger partial charge in [0, 0.05) is 6.42 Å². The Morgan fingerprint density at radius 3 is 2.67 bits per heavy atom. The Bertz CT molecular complexity index is 539. The van der Waals surface area contributed by atoms with Crippen LogP contribution in [-0.4, -0.2) is 60.2 Å². The maximum Gasteiger partial charge on any atom is 0.408 e. The predicted molar refractivity (Wildman–Crippen MR) is 81.5 cm³/mol. The number of morpholine rings is 1. The molecule has 1 fully saturated rings. The molecule has 0 saturated carbocycles. The number of aliphatic hydroxyl groups excluding tert-OH is 1. The van der Waals surface area contributed by atoms with Gasteiger partial charge in [0.1, 0.15) is 6.04 Å². The Labute approximate surface area is 138 Å². The molecule has 2 N–H and O–H groups in total. The summed E-state index contributed by atoms with van der Waals surface area (Å²) in [4.78, 5) is 13.6. The van der Waals surface area contributed by atoms with Crippen molar-refractivity contribution < 1.29 is 27.8 Å². The third kappa shape index (κ3) is 4.85. The summed E-state index contributed by atoms with van der Waals surface area (Å²) >= 11 is 0. The van der Waals surface area contributed by atoms with Gasteiger partial charge in [-0.05, 0) is 12.5 Å². The minimum absolute atomic E-state index is 0.0550. The second kappa shape index (κ2) is 7.85. The number of rotatable bonds is 4. The zero-order valence-electron chi connectivity index (χ0n) is 13.3. The SMILES string of the molecule is C[C@@H]1CO[C@H](CO)CN1C(=O)N[C@H](Cc1ccccc1)C(F)(F)F. The smallest absolute Gasteiger partial charge is 0.394 e. The monoisotopic (exact) mass is 346 g/mol. The number of carbonyl (C=O) groups is 1. The van der Waals surface area contributed by atoms with E-state index >= 15 is 0 Å². The molecule has 1 heterocycles. The number of hydrogen-bond acceptors (Lipinski definition) is 3. The molecule has 24 heavy (non-hydrogen) atoms. The molecule has 8 heteroatoms. The zero-order valence-corrected chi connectivity index (χ0v) is 13.3. The van der Waals surface area contributed by atoms with Gasteiger partial charge in [0.25, 0.3) is 0 Å². The van der Waals surface area contributed by atoms with E-state index in [9.17, 15) is 18.0 Å². The highest BCUT2D eigenvalue weighted by Crippen LogP contribution is 2.24. The number of carbonyl (C=O) groups excluding carboxylic acids is 1. The van der Waals surface area contributed by atoms with Crippen molar-refractivity contribution in [2.24, 2.45) is 0 Å². The molecule has 1 aliphatic heterocycles. The van der Waals surface area contributed by atoms with Gasteiger partial charge < -0.3 is 20.1 Å². The average molecular weight is 346 g/mol. The fourth-order valence-electron chi connectivity index (χ4n) is 2.54. The van der Waals surface area contributed by atoms with E-state index in [-0.39, 0.29) is 32.2 Å². The van der Waals surface area contributed by atoms with Crippen LogP contribution in [0.5, 0.6) is 0 Å². The molecular weight excluding hydrogens is 325 g/mol. The maximum atomic E-state index is 13.3. The van der Waals surface area contributed by atoms with Crippen LogP contribution in [0.3, 0.4) is 0 Å². The van der Waals surface area contributed by atoms with Gasteiger partial charge >= 0.3 is 12.2 Å². The lowest BCUT2D eigenvalue weighted by molar-refractivity contribution is -0.154. The number of alkyl halides is 3. The van der Waals surface area contributed by atoms with Gasteiger partial charge in [0.15, 0.2) is 0 Å². The van der Waals surface area contributed by atoms with E-state index < -0.39 is 24.4 Å². The van der Waals surface area contributed by atoms with E-state index in [1.165, 1.54) is 4.90 Å². The number of halogens is 3. The second-order valence-electron chi connectivity index (χ2n) is 5.87. The van der Waals surface area contributed by atoms with Crippen LogP contribution in [0.15, 0.2) is 30.3 Å². The number of nitrogens with zero attached hydrogens (tertiary/aromatic N) is 1. The van der Waals surface area contributed by atoms with Crippen LogP contribution in [0.25, 0.3) is 0 Å². The largest absolute Gasteiger partial charge is 0.408 e. The summed E-state index contributed by atoms with van der Waals surface area (Å²) in [6.45, 7) is 1.63. The Kier molecular flexibility index (Phi) is 6.06. The van der Waals surface area contributed by atoms with Crippen LogP contribution in [0.1, 0.15) is 12.5 Å². The van der Waals surface area contributed by atoms with Gasteiger partial charge in [-0.25, -0.2) is 4.79 Å². The topological polar surface area (TPSA) is 61.8 Å². The molecule has 0 aliphatic carbocycles.